The van der Waals surface area contributed by atoms with Crippen molar-refractivity contribution in [1.29, 1.82) is 5.41 Å². The Morgan fingerprint density at radius 3 is 2.16 bits per heavy atom. The summed E-state index contributed by atoms with van der Waals surface area (Å²) in [6.45, 7) is 0.597. The maximum absolute atomic E-state index is 10.4. The topological polar surface area (TPSA) is 82.4 Å². The van der Waals surface area contributed by atoms with Gasteiger partial charge in [-0.15, -0.1) is 0 Å². The Balaban J connectivity index is 1.83. The van der Waals surface area contributed by atoms with Gasteiger partial charge in [0.2, 0.25) is 0 Å². The van der Waals surface area contributed by atoms with Crippen LogP contribution >= 0.6 is 0 Å². The minimum atomic E-state index is -0.743. The molecule has 0 aromatic heterocycles. The molecule has 0 amide bonds. The number of amidine groups is 1. The molecule has 0 radical (unpaired) electrons. The molecule has 25 heavy (non-hydrogen) atoms. The van der Waals surface area contributed by atoms with Gasteiger partial charge in [0.15, 0.2) is 0 Å². The third-order valence-electron chi connectivity index (χ3n) is 3.91. The van der Waals surface area contributed by atoms with Crippen molar-refractivity contribution >= 4 is 11.8 Å². The second-order valence-electron chi connectivity index (χ2n) is 5.78. The second kappa shape index (κ2) is 9.47. The maximum atomic E-state index is 10.4. The summed E-state index contributed by atoms with van der Waals surface area (Å²) in [6, 6.07) is 15.8. The van der Waals surface area contributed by atoms with E-state index in [-0.39, 0.29) is 6.42 Å². The van der Waals surface area contributed by atoms with Crippen molar-refractivity contribution in [2.75, 3.05) is 13.7 Å². The lowest BCUT2D eigenvalue weighted by Gasteiger charge is -2.08. The van der Waals surface area contributed by atoms with Crippen molar-refractivity contribution in [2.24, 2.45) is 0 Å². The molecular formula is C20H24N2O3. The van der Waals surface area contributed by atoms with E-state index < -0.39 is 5.97 Å². The Hall–Kier alpha value is -2.82. The average Bonchev–Trinajstić information content (AvgIpc) is 2.64. The van der Waals surface area contributed by atoms with Crippen molar-refractivity contribution < 1.29 is 14.6 Å². The summed E-state index contributed by atoms with van der Waals surface area (Å²) in [5.41, 5.74) is 3.04. The van der Waals surface area contributed by atoms with Crippen LogP contribution in [-0.4, -0.2) is 30.6 Å². The van der Waals surface area contributed by atoms with Crippen LogP contribution < -0.4 is 10.1 Å². The highest BCUT2D eigenvalue weighted by molar-refractivity contribution is 5.96. The minimum absolute atomic E-state index is 0.223. The van der Waals surface area contributed by atoms with Crippen LogP contribution in [0.2, 0.25) is 0 Å². The predicted octanol–water partition coefficient (Wildman–Crippen LogP) is 3.92. The van der Waals surface area contributed by atoms with Crippen molar-refractivity contribution in [2.45, 2.75) is 25.7 Å². The van der Waals surface area contributed by atoms with Crippen LogP contribution in [0.25, 0.3) is 11.1 Å². The molecule has 0 aliphatic carbocycles. The monoisotopic (exact) mass is 340 g/mol. The SMILES string of the molecule is CNC(=N)c1ccc(-c2ccc(OCCCCCC(=O)O)cc2)cc1. The molecule has 0 fully saturated rings. The normalized spacial score (nSPS) is 10.3. The van der Waals surface area contributed by atoms with Gasteiger partial charge in [0.25, 0.3) is 0 Å². The molecule has 3 N–H and O–H groups in total. The fraction of sp³-hybridized carbons (Fsp3) is 0.300. The average molecular weight is 340 g/mol. The zero-order valence-electron chi connectivity index (χ0n) is 14.4. The number of hydrogen-bond donors (Lipinski definition) is 3. The van der Waals surface area contributed by atoms with E-state index in [1.807, 2.05) is 48.5 Å². The van der Waals surface area contributed by atoms with E-state index in [0.29, 0.717) is 18.9 Å². The number of nitrogens with one attached hydrogen (secondary N) is 2. The summed E-state index contributed by atoms with van der Waals surface area (Å²) >= 11 is 0. The first-order chi connectivity index (χ1) is 12.1. The van der Waals surface area contributed by atoms with Gasteiger partial charge in [0.05, 0.1) is 6.61 Å². The Morgan fingerprint density at radius 1 is 1.00 bits per heavy atom. The summed E-state index contributed by atoms with van der Waals surface area (Å²) < 4.78 is 5.69. The quantitative estimate of drug-likeness (QED) is 0.367. The van der Waals surface area contributed by atoms with Gasteiger partial charge in [-0.1, -0.05) is 36.4 Å². The predicted molar refractivity (Wildman–Crippen MR) is 99.4 cm³/mol. The van der Waals surface area contributed by atoms with Crippen LogP contribution in [0.1, 0.15) is 31.2 Å². The molecular weight excluding hydrogens is 316 g/mol. The van der Waals surface area contributed by atoms with Crippen LogP contribution in [0.3, 0.4) is 0 Å². The molecule has 2 rings (SSSR count). The van der Waals surface area contributed by atoms with E-state index in [9.17, 15) is 4.79 Å². The van der Waals surface area contributed by atoms with Crippen LogP contribution in [0.5, 0.6) is 5.75 Å². The summed E-state index contributed by atoms with van der Waals surface area (Å²) in [5, 5.41) is 19.2. The van der Waals surface area contributed by atoms with Gasteiger partial charge in [-0.25, -0.2) is 0 Å². The summed E-state index contributed by atoms with van der Waals surface area (Å²) in [5.74, 6) is 0.474. The van der Waals surface area contributed by atoms with Gasteiger partial charge >= 0.3 is 5.97 Å². The van der Waals surface area contributed by atoms with E-state index in [2.05, 4.69) is 5.32 Å². The summed E-state index contributed by atoms with van der Waals surface area (Å²) in [4.78, 5) is 10.4. The number of hydrogen-bond acceptors (Lipinski definition) is 3. The molecule has 5 heteroatoms. The third-order valence-corrected chi connectivity index (χ3v) is 3.91. The van der Waals surface area contributed by atoms with Gasteiger partial charge in [0, 0.05) is 19.0 Å². The first-order valence-electron chi connectivity index (χ1n) is 8.42. The van der Waals surface area contributed by atoms with Gasteiger partial charge in [-0.2, -0.15) is 0 Å². The number of carbonyl (C=O) groups is 1. The highest BCUT2D eigenvalue weighted by Crippen LogP contribution is 2.23. The first kappa shape index (κ1) is 18.5. The van der Waals surface area contributed by atoms with E-state index >= 15 is 0 Å². The van der Waals surface area contributed by atoms with Gasteiger partial charge in [-0.05, 0) is 42.5 Å². The zero-order valence-corrected chi connectivity index (χ0v) is 14.4. The fourth-order valence-corrected chi connectivity index (χ4v) is 2.46. The smallest absolute Gasteiger partial charge is 0.303 e. The molecule has 0 heterocycles. The Bertz CT molecular complexity index is 694. The van der Waals surface area contributed by atoms with Gasteiger partial charge in [-0.3, -0.25) is 10.2 Å². The van der Waals surface area contributed by atoms with Crippen molar-refractivity contribution in [3.63, 3.8) is 0 Å². The number of benzene rings is 2. The molecule has 0 saturated heterocycles. The largest absolute Gasteiger partial charge is 0.494 e. The van der Waals surface area contributed by atoms with Crippen LogP contribution in [-0.2, 0) is 4.79 Å². The molecule has 5 nitrogen and oxygen atoms in total. The van der Waals surface area contributed by atoms with E-state index in [1.165, 1.54) is 0 Å². The number of unbranched alkanes of at least 4 members (excludes halogenated alkanes) is 2. The van der Waals surface area contributed by atoms with E-state index in [0.717, 1.165) is 35.3 Å². The lowest BCUT2D eigenvalue weighted by atomic mass is 10.0. The minimum Gasteiger partial charge on any atom is -0.494 e. The van der Waals surface area contributed by atoms with Gasteiger partial charge < -0.3 is 15.2 Å². The number of aliphatic carboxylic acids is 1. The molecule has 0 aliphatic heterocycles. The second-order valence-corrected chi connectivity index (χ2v) is 5.78. The molecule has 0 bridgehead atoms. The Kier molecular flexibility index (Phi) is 7.01. The van der Waals surface area contributed by atoms with Crippen molar-refractivity contribution in [1.82, 2.24) is 5.32 Å². The number of carboxylic acid groups (broad SMARTS) is 1. The number of rotatable bonds is 9. The molecule has 2 aromatic carbocycles. The lowest BCUT2D eigenvalue weighted by molar-refractivity contribution is -0.137. The van der Waals surface area contributed by atoms with Crippen LogP contribution in [0.4, 0.5) is 0 Å². The molecule has 0 aliphatic rings. The van der Waals surface area contributed by atoms with Crippen molar-refractivity contribution in [3.05, 3.63) is 54.1 Å². The molecule has 0 unspecified atom stereocenters. The molecule has 0 atom stereocenters. The molecule has 0 spiro atoms. The van der Waals surface area contributed by atoms with Crippen LogP contribution in [0, 0.1) is 5.41 Å². The molecule has 2 aromatic rings. The highest BCUT2D eigenvalue weighted by atomic mass is 16.5. The zero-order chi connectivity index (χ0) is 18.1. The van der Waals surface area contributed by atoms with E-state index in [1.54, 1.807) is 7.05 Å². The van der Waals surface area contributed by atoms with E-state index in [4.69, 9.17) is 15.3 Å². The Labute approximate surface area is 148 Å². The van der Waals surface area contributed by atoms with Crippen molar-refractivity contribution in [3.8, 4) is 16.9 Å². The lowest BCUT2D eigenvalue weighted by Crippen LogP contribution is -2.17. The Morgan fingerprint density at radius 2 is 1.60 bits per heavy atom. The van der Waals surface area contributed by atoms with Gasteiger partial charge in [0.1, 0.15) is 11.6 Å². The molecule has 0 saturated carbocycles. The molecule has 132 valence electrons. The summed E-state index contributed by atoms with van der Waals surface area (Å²) in [7, 11) is 1.74. The van der Waals surface area contributed by atoms with Crippen LogP contribution in [0.15, 0.2) is 48.5 Å². The fourth-order valence-electron chi connectivity index (χ4n) is 2.46. The number of carboxylic acids is 1. The summed E-state index contributed by atoms with van der Waals surface area (Å²) in [6.07, 6.45) is 2.63. The number of ether oxygens (including phenoxy) is 1. The first-order valence-corrected chi connectivity index (χ1v) is 8.42. The highest BCUT2D eigenvalue weighted by Gasteiger charge is 2.02. The standard InChI is InChI=1S/C20H24N2O3/c1-22-20(21)17-8-6-15(7-9-17)16-10-12-18(13-11-16)25-14-4-2-3-5-19(23)24/h6-13H,2-5,14H2,1H3,(H2,21,22)(H,23,24). The maximum Gasteiger partial charge on any atom is 0.303 e. The third kappa shape index (κ3) is 5.95.